The predicted octanol–water partition coefficient (Wildman–Crippen LogP) is -4.48. The first-order valence-electron chi connectivity index (χ1n) is 6.66. The molecule has 3 atom stereocenters. The standard InChI is InChI=1S/C13H28N2.2ClH/c1-5-6-9-15-12-10-11(2)7-8-13(12,3)14-4;;/h11-12,14-15H,5-10H2,1-4H3;2*1H/p-1. The first-order valence-corrected chi connectivity index (χ1v) is 6.66. The summed E-state index contributed by atoms with van der Waals surface area (Å²) < 4.78 is 0. The lowest BCUT2D eigenvalue weighted by Gasteiger charge is -2.41. The number of hydrogen-bond donors (Lipinski definition) is 2. The molecule has 1 fully saturated rings. The largest absolute Gasteiger partial charge is 1.00 e. The van der Waals surface area contributed by atoms with Crippen LogP contribution in [0.3, 0.4) is 0 Å². The van der Waals surface area contributed by atoms with Crippen LogP contribution in [0.1, 0.15) is 52.9 Å². The monoisotopic (exact) mass is 283 g/mol. The van der Waals surface area contributed by atoms with E-state index in [1.54, 1.807) is 0 Å². The van der Waals surface area contributed by atoms with Crippen molar-refractivity contribution in [2.24, 2.45) is 5.92 Å². The Hall–Kier alpha value is 0.500. The van der Waals surface area contributed by atoms with Crippen molar-refractivity contribution in [2.45, 2.75) is 64.5 Å². The van der Waals surface area contributed by atoms with Crippen molar-refractivity contribution in [2.75, 3.05) is 13.6 Å². The lowest BCUT2D eigenvalue weighted by Crippen LogP contribution is -3.00. The molecule has 17 heavy (non-hydrogen) atoms. The van der Waals surface area contributed by atoms with Gasteiger partial charge in [0, 0.05) is 6.42 Å². The van der Waals surface area contributed by atoms with Crippen molar-refractivity contribution in [1.29, 1.82) is 0 Å². The topological polar surface area (TPSA) is 28.6 Å². The van der Waals surface area contributed by atoms with Crippen LogP contribution in [0.4, 0.5) is 0 Å². The van der Waals surface area contributed by atoms with E-state index in [0.717, 1.165) is 5.92 Å². The lowest BCUT2D eigenvalue weighted by molar-refractivity contribution is -0.706. The quantitative estimate of drug-likeness (QED) is 0.490. The summed E-state index contributed by atoms with van der Waals surface area (Å²) in [4.78, 5) is 0. The number of unbranched alkanes of at least 4 members (excludes halogenated alkanes) is 1. The number of nitrogens with two attached hydrogens (primary N) is 1. The summed E-state index contributed by atoms with van der Waals surface area (Å²) in [6.45, 7) is 8.26. The van der Waals surface area contributed by atoms with Crippen molar-refractivity contribution < 1.29 is 30.1 Å². The fraction of sp³-hybridized carbons (Fsp3) is 1.00. The summed E-state index contributed by atoms with van der Waals surface area (Å²) in [5, 5.41) is 6.18. The van der Waals surface area contributed by atoms with E-state index >= 15 is 0 Å². The van der Waals surface area contributed by atoms with Gasteiger partial charge in [0.15, 0.2) is 0 Å². The second kappa shape index (κ2) is 9.43. The Labute approximate surface area is 120 Å². The average molecular weight is 284 g/mol. The highest BCUT2D eigenvalue weighted by Gasteiger charge is 2.40. The van der Waals surface area contributed by atoms with Gasteiger partial charge in [0.1, 0.15) is 5.54 Å². The van der Waals surface area contributed by atoms with Crippen LogP contribution in [0.15, 0.2) is 0 Å². The van der Waals surface area contributed by atoms with E-state index in [9.17, 15) is 0 Å². The Morgan fingerprint density at radius 1 is 1.35 bits per heavy atom. The first kappa shape index (κ1) is 19.8. The van der Waals surface area contributed by atoms with Gasteiger partial charge in [-0.15, -0.1) is 0 Å². The van der Waals surface area contributed by atoms with E-state index in [1.807, 2.05) is 0 Å². The van der Waals surface area contributed by atoms with Crippen molar-refractivity contribution in [3.8, 4) is 0 Å². The molecule has 3 N–H and O–H groups in total. The predicted molar refractivity (Wildman–Crippen MR) is 66.0 cm³/mol. The van der Waals surface area contributed by atoms with Gasteiger partial charge in [-0.2, -0.15) is 0 Å². The molecule has 0 heterocycles. The molecule has 0 spiro atoms. The first-order chi connectivity index (χ1) is 7.12. The summed E-state index contributed by atoms with van der Waals surface area (Å²) in [7, 11) is 2.23. The highest BCUT2D eigenvalue weighted by molar-refractivity contribution is 4.92. The van der Waals surface area contributed by atoms with Crippen LogP contribution in [0.2, 0.25) is 0 Å². The molecule has 0 aromatic rings. The third-order valence-electron chi connectivity index (χ3n) is 4.19. The molecule has 0 aliphatic heterocycles. The Kier molecular flexibility index (Phi) is 11.0. The van der Waals surface area contributed by atoms with Gasteiger partial charge in [0.25, 0.3) is 0 Å². The SMILES string of the molecule is CCCCNC1CC(C)CCC1(C)[NH2+]C.[Cl-].[Cl-]. The van der Waals surface area contributed by atoms with Gasteiger partial charge >= 0.3 is 0 Å². The maximum atomic E-state index is 3.76. The zero-order chi connectivity index (χ0) is 11.3. The highest BCUT2D eigenvalue weighted by Crippen LogP contribution is 2.29. The number of nitrogens with one attached hydrogen (secondary N) is 1. The minimum absolute atomic E-state index is 0. The normalized spacial score (nSPS) is 32.5. The maximum absolute atomic E-state index is 3.76. The molecule has 1 aliphatic carbocycles. The number of quaternary nitrogens is 1. The van der Waals surface area contributed by atoms with Crippen LogP contribution in [0.25, 0.3) is 0 Å². The molecule has 2 nitrogen and oxygen atoms in total. The molecular formula is C13H29Cl2N2-. The van der Waals surface area contributed by atoms with E-state index in [0.29, 0.717) is 11.6 Å². The molecule has 0 aromatic heterocycles. The summed E-state index contributed by atoms with van der Waals surface area (Å²) in [5.74, 6) is 0.900. The molecule has 3 unspecified atom stereocenters. The molecular weight excluding hydrogens is 255 g/mol. The third-order valence-corrected chi connectivity index (χ3v) is 4.19. The third kappa shape index (κ3) is 5.78. The smallest absolute Gasteiger partial charge is 0.109 e. The van der Waals surface area contributed by atoms with Crippen LogP contribution >= 0.6 is 0 Å². The van der Waals surface area contributed by atoms with E-state index < -0.39 is 0 Å². The van der Waals surface area contributed by atoms with E-state index in [1.165, 1.54) is 38.6 Å². The van der Waals surface area contributed by atoms with Gasteiger partial charge in [0.05, 0.1) is 13.1 Å². The Bertz CT molecular complexity index is 190. The number of likely N-dealkylation sites (N-methyl/N-ethyl adjacent to an activating group) is 1. The molecule has 1 saturated carbocycles. The second-order valence-electron chi connectivity index (χ2n) is 5.53. The Morgan fingerprint density at radius 2 is 2.00 bits per heavy atom. The Balaban J connectivity index is 0. The lowest BCUT2D eigenvalue weighted by atomic mass is 9.74. The molecule has 1 rings (SSSR count). The van der Waals surface area contributed by atoms with Crippen LogP contribution in [0, 0.1) is 5.92 Å². The number of rotatable bonds is 5. The van der Waals surface area contributed by atoms with Crippen LogP contribution in [-0.2, 0) is 0 Å². The molecule has 0 amide bonds. The highest BCUT2D eigenvalue weighted by atomic mass is 35.5. The number of hydrogen-bond acceptors (Lipinski definition) is 1. The minimum Gasteiger partial charge on any atom is -1.00 e. The fourth-order valence-electron chi connectivity index (χ4n) is 2.64. The summed E-state index contributed by atoms with van der Waals surface area (Å²) in [6, 6.07) is 0.706. The second-order valence-corrected chi connectivity index (χ2v) is 5.53. The van der Waals surface area contributed by atoms with Gasteiger partial charge in [0.2, 0.25) is 0 Å². The molecule has 0 bridgehead atoms. The molecule has 4 heteroatoms. The summed E-state index contributed by atoms with van der Waals surface area (Å²) in [6.07, 6.45) is 6.71. The van der Waals surface area contributed by atoms with Gasteiger partial charge < -0.3 is 35.4 Å². The van der Waals surface area contributed by atoms with Gasteiger partial charge in [-0.3, -0.25) is 0 Å². The molecule has 106 valence electrons. The van der Waals surface area contributed by atoms with E-state index in [-0.39, 0.29) is 24.8 Å². The minimum atomic E-state index is 0. The molecule has 1 aliphatic rings. The zero-order valence-corrected chi connectivity index (χ0v) is 13.2. The van der Waals surface area contributed by atoms with E-state index in [4.69, 9.17) is 0 Å². The van der Waals surface area contributed by atoms with Crippen LogP contribution < -0.4 is 35.4 Å². The Morgan fingerprint density at radius 3 is 2.53 bits per heavy atom. The van der Waals surface area contributed by atoms with Crippen molar-refractivity contribution in [3.05, 3.63) is 0 Å². The van der Waals surface area contributed by atoms with Crippen molar-refractivity contribution in [3.63, 3.8) is 0 Å². The number of halogens is 2. The van der Waals surface area contributed by atoms with E-state index in [2.05, 4.69) is 38.5 Å². The van der Waals surface area contributed by atoms with Crippen LogP contribution in [0.5, 0.6) is 0 Å². The van der Waals surface area contributed by atoms with Crippen molar-refractivity contribution in [1.82, 2.24) is 5.32 Å². The van der Waals surface area contributed by atoms with Gasteiger partial charge in [-0.05, 0) is 38.6 Å². The summed E-state index contributed by atoms with van der Waals surface area (Å²) >= 11 is 0. The summed E-state index contributed by atoms with van der Waals surface area (Å²) in [5.41, 5.74) is 0.431. The van der Waals surface area contributed by atoms with Crippen LogP contribution in [-0.4, -0.2) is 25.2 Å². The zero-order valence-electron chi connectivity index (χ0n) is 11.7. The maximum Gasteiger partial charge on any atom is 0.109 e. The fourth-order valence-corrected chi connectivity index (χ4v) is 2.64. The molecule has 0 aromatic carbocycles. The van der Waals surface area contributed by atoms with Gasteiger partial charge in [-0.1, -0.05) is 20.3 Å². The van der Waals surface area contributed by atoms with Gasteiger partial charge in [-0.25, -0.2) is 0 Å². The van der Waals surface area contributed by atoms with Crippen molar-refractivity contribution >= 4 is 0 Å². The average Bonchev–Trinajstić information content (AvgIpc) is 2.24. The molecule has 0 saturated heterocycles. The molecule has 0 radical (unpaired) electrons.